The summed E-state index contributed by atoms with van der Waals surface area (Å²) in [6, 6.07) is 22.6. The molecule has 160 valence electrons. The zero-order valence-corrected chi connectivity index (χ0v) is 17.9. The Morgan fingerprint density at radius 3 is 2.22 bits per heavy atom. The fourth-order valence-electron chi connectivity index (χ4n) is 3.47. The van der Waals surface area contributed by atoms with Crippen LogP contribution < -0.4 is 10.6 Å². The Bertz CT molecular complexity index is 1210. The van der Waals surface area contributed by atoms with Crippen LogP contribution in [0.15, 0.2) is 78.5 Å². The van der Waals surface area contributed by atoms with Gasteiger partial charge >= 0.3 is 6.03 Å². The summed E-state index contributed by atoms with van der Waals surface area (Å²) in [4.78, 5) is 38.2. The molecule has 3 aromatic rings. The van der Waals surface area contributed by atoms with E-state index in [9.17, 15) is 14.4 Å². The lowest BCUT2D eigenvalue weighted by molar-refractivity contribution is -0.127. The first-order valence-electron chi connectivity index (χ1n) is 10.3. The average molecular weight is 425 g/mol. The first-order chi connectivity index (χ1) is 15.4. The van der Waals surface area contributed by atoms with Gasteiger partial charge in [-0.05, 0) is 54.3 Å². The highest BCUT2D eigenvalue weighted by atomic mass is 16.2. The average Bonchev–Trinajstić information content (AvgIpc) is 3.02. The van der Waals surface area contributed by atoms with Crippen molar-refractivity contribution in [1.29, 1.82) is 0 Å². The van der Waals surface area contributed by atoms with E-state index in [-0.39, 0.29) is 12.2 Å². The van der Waals surface area contributed by atoms with Gasteiger partial charge in [0, 0.05) is 5.69 Å². The van der Waals surface area contributed by atoms with Gasteiger partial charge in [-0.1, -0.05) is 66.2 Å². The zero-order chi connectivity index (χ0) is 22.7. The number of benzene rings is 3. The van der Waals surface area contributed by atoms with Crippen molar-refractivity contribution in [3.63, 3.8) is 0 Å². The van der Waals surface area contributed by atoms with E-state index in [1.807, 2.05) is 56.3 Å². The SMILES string of the molecule is Cc1ccc(-c2ccc(C=C3NC(=O)N(CC(=O)Nc4cccc(C)c4)C3=O)cc2)cc1. The highest BCUT2D eigenvalue weighted by Gasteiger charge is 2.34. The van der Waals surface area contributed by atoms with Crippen molar-refractivity contribution in [2.75, 3.05) is 11.9 Å². The fraction of sp³-hybridized carbons (Fsp3) is 0.115. The van der Waals surface area contributed by atoms with Crippen LogP contribution in [-0.4, -0.2) is 29.3 Å². The van der Waals surface area contributed by atoms with Crippen LogP contribution in [0.1, 0.15) is 16.7 Å². The van der Waals surface area contributed by atoms with Crippen LogP contribution in [0.25, 0.3) is 17.2 Å². The van der Waals surface area contributed by atoms with Crippen LogP contribution in [-0.2, 0) is 9.59 Å². The molecule has 0 spiro atoms. The zero-order valence-electron chi connectivity index (χ0n) is 17.9. The van der Waals surface area contributed by atoms with Gasteiger partial charge in [0.1, 0.15) is 12.2 Å². The van der Waals surface area contributed by atoms with E-state index < -0.39 is 17.8 Å². The Kier molecular flexibility index (Phi) is 5.85. The minimum Gasteiger partial charge on any atom is -0.325 e. The van der Waals surface area contributed by atoms with E-state index in [4.69, 9.17) is 0 Å². The predicted octanol–water partition coefficient (Wildman–Crippen LogP) is 4.50. The third kappa shape index (κ3) is 4.75. The van der Waals surface area contributed by atoms with Gasteiger partial charge in [0.2, 0.25) is 5.91 Å². The number of hydrogen-bond donors (Lipinski definition) is 2. The van der Waals surface area contributed by atoms with E-state index in [0.29, 0.717) is 5.69 Å². The van der Waals surface area contributed by atoms with Crippen molar-refractivity contribution in [2.24, 2.45) is 0 Å². The van der Waals surface area contributed by atoms with E-state index in [0.717, 1.165) is 27.2 Å². The normalized spacial score (nSPS) is 14.6. The lowest BCUT2D eigenvalue weighted by atomic mass is 10.0. The quantitative estimate of drug-likeness (QED) is 0.467. The molecule has 0 atom stereocenters. The molecule has 4 rings (SSSR count). The Balaban J connectivity index is 1.43. The molecular weight excluding hydrogens is 402 g/mol. The fourth-order valence-corrected chi connectivity index (χ4v) is 3.47. The number of nitrogens with zero attached hydrogens (tertiary/aromatic N) is 1. The number of hydrogen-bond acceptors (Lipinski definition) is 3. The van der Waals surface area contributed by atoms with Crippen molar-refractivity contribution in [3.05, 3.63) is 95.2 Å². The molecule has 1 saturated heterocycles. The monoisotopic (exact) mass is 425 g/mol. The first-order valence-corrected chi connectivity index (χ1v) is 10.3. The van der Waals surface area contributed by atoms with Crippen LogP contribution in [0.4, 0.5) is 10.5 Å². The number of rotatable bonds is 5. The summed E-state index contributed by atoms with van der Waals surface area (Å²) < 4.78 is 0. The maximum absolute atomic E-state index is 12.7. The predicted molar refractivity (Wildman–Crippen MR) is 125 cm³/mol. The number of amides is 4. The molecule has 1 heterocycles. The number of anilines is 1. The Labute approximate surface area is 186 Å². The van der Waals surface area contributed by atoms with Crippen LogP contribution >= 0.6 is 0 Å². The van der Waals surface area contributed by atoms with E-state index >= 15 is 0 Å². The summed E-state index contributed by atoms with van der Waals surface area (Å²) in [5, 5.41) is 5.26. The van der Waals surface area contributed by atoms with Crippen molar-refractivity contribution >= 4 is 29.6 Å². The molecule has 0 radical (unpaired) electrons. The number of imide groups is 1. The van der Waals surface area contributed by atoms with Crippen molar-refractivity contribution < 1.29 is 14.4 Å². The second-order valence-corrected chi connectivity index (χ2v) is 7.79. The highest BCUT2D eigenvalue weighted by molar-refractivity contribution is 6.15. The standard InChI is InChI=1S/C26H23N3O3/c1-17-6-10-20(11-7-17)21-12-8-19(9-13-21)15-23-25(31)29(26(32)28-23)16-24(30)27-22-5-3-4-18(2)14-22/h3-15H,16H2,1-2H3,(H,27,30)(H,28,32). The summed E-state index contributed by atoms with van der Waals surface area (Å²) in [5.41, 5.74) is 5.89. The molecule has 0 unspecified atom stereocenters. The molecule has 1 aliphatic heterocycles. The molecule has 1 aliphatic rings. The number of carbonyl (C=O) groups is 3. The molecule has 1 fully saturated rings. The molecule has 2 N–H and O–H groups in total. The van der Waals surface area contributed by atoms with Crippen molar-refractivity contribution in [3.8, 4) is 11.1 Å². The van der Waals surface area contributed by atoms with Gasteiger partial charge in [0.05, 0.1) is 0 Å². The van der Waals surface area contributed by atoms with E-state index in [2.05, 4.69) is 34.9 Å². The first kappa shape index (κ1) is 21.1. The van der Waals surface area contributed by atoms with Gasteiger partial charge in [-0.25, -0.2) is 9.69 Å². The second-order valence-electron chi connectivity index (χ2n) is 7.79. The summed E-state index contributed by atoms with van der Waals surface area (Å²) in [6.07, 6.45) is 1.61. The lowest BCUT2D eigenvalue weighted by Gasteiger charge is -2.12. The smallest absolute Gasteiger partial charge is 0.325 e. The van der Waals surface area contributed by atoms with Gasteiger partial charge in [-0.15, -0.1) is 0 Å². The lowest BCUT2D eigenvalue weighted by Crippen LogP contribution is -2.38. The summed E-state index contributed by atoms with van der Waals surface area (Å²) in [5.74, 6) is -0.972. The highest BCUT2D eigenvalue weighted by Crippen LogP contribution is 2.22. The minimum atomic E-state index is -0.614. The second kappa shape index (κ2) is 8.89. The third-order valence-electron chi connectivity index (χ3n) is 5.17. The summed E-state index contributed by atoms with van der Waals surface area (Å²) >= 11 is 0. The number of nitrogens with one attached hydrogen (secondary N) is 2. The molecule has 6 heteroatoms. The van der Waals surface area contributed by atoms with Crippen LogP contribution in [0.3, 0.4) is 0 Å². The molecule has 0 bridgehead atoms. The Morgan fingerprint density at radius 2 is 1.56 bits per heavy atom. The molecule has 6 nitrogen and oxygen atoms in total. The largest absolute Gasteiger partial charge is 0.329 e. The van der Waals surface area contributed by atoms with Gasteiger partial charge in [0.15, 0.2) is 0 Å². The molecule has 32 heavy (non-hydrogen) atoms. The maximum atomic E-state index is 12.7. The van der Waals surface area contributed by atoms with Gasteiger partial charge in [-0.3, -0.25) is 9.59 Å². The van der Waals surface area contributed by atoms with E-state index in [1.54, 1.807) is 12.1 Å². The van der Waals surface area contributed by atoms with Gasteiger partial charge in [-0.2, -0.15) is 0 Å². The minimum absolute atomic E-state index is 0.140. The third-order valence-corrected chi connectivity index (χ3v) is 5.17. The van der Waals surface area contributed by atoms with Gasteiger partial charge in [0.25, 0.3) is 5.91 Å². The molecule has 0 saturated carbocycles. The number of urea groups is 1. The topological polar surface area (TPSA) is 78.5 Å². The molecular formula is C26H23N3O3. The maximum Gasteiger partial charge on any atom is 0.329 e. The van der Waals surface area contributed by atoms with E-state index in [1.165, 1.54) is 5.56 Å². The Morgan fingerprint density at radius 1 is 0.906 bits per heavy atom. The molecule has 0 aliphatic carbocycles. The Hall–Kier alpha value is -4.19. The summed E-state index contributed by atoms with van der Waals surface area (Å²) in [7, 11) is 0. The van der Waals surface area contributed by atoms with Crippen LogP contribution in [0, 0.1) is 13.8 Å². The van der Waals surface area contributed by atoms with Crippen molar-refractivity contribution in [2.45, 2.75) is 13.8 Å². The van der Waals surface area contributed by atoms with Crippen LogP contribution in [0.5, 0.6) is 0 Å². The molecule has 0 aromatic heterocycles. The number of aryl methyl sites for hydroxylation is 2. The number of carbonyl (C=O) groups excluding carboxylic acids is 3. The molecule has 3 aromatic carbocycles. The summed E-state index contributed by atoms with van der Waals surface area (Å²) in [6.45, 7) is 3.60. The molecule has 4 amide bonds. The van der Waals surface area contributed by atoms with Gasteiger partial charge < -0.3 is 10.6 Å². The van der Waals surface area contributed by atoms with Crippen LogP contribution in [0.2, 0.25) is 0 Å². The van der Waals surface area contributed by atoms with Crippen molar-refractivity contribution in [1.82, 2.24) is 10.2 Å².